The van der Waals surface area contributed by atoms with E-state index in [1.807, 2.05) is 18.2 Å². The number of benzene rings is 4. The fourth-order valence-electron chi connectivity index (χ4n) is 8.34. The maximum absolute atomic E-state index is 13.6. The molecule has 462 valence electrons. The first-order chi connectivity index (χ1) is 40.3. The number of nitrogens with one attached hydrogen (secondary N) is 3. The zero-order valence-electron chi connectivity index (χ0n) is 49.7. The number of aromatic nitrogens is 4. The number of nitrogens with zero attached hydrogens (tertiary/aromatic N) is 9. The number of hydrogen-bond acceptors (Lipinski definition) is 15. The first kappa shape index (κ1) is 72.7. The number of carbonyl (C=O) groups excluding carboxylic acids is 2. The van der Waals surface area contributed by atoms with Gasteiger partial charge >= 0.3 is 5.97 Å². The van der Waals surface area contributed by atoms with E-state index in [-0.39, 0.29) is 35.9 Å². The molecule has 0 atom stereocenters. The highest BCUT2D eigenvalue weighted by Crippen LogP contribution is 2.32. The van der Waals surface area contributed by atoms with E-state index < -0.39 is 22.8 Å². The summed E-state index contributed by atoms with van der Waals surface area (Å²) in [7, 11) is 4.26. The van der Waals surface area contributed by atoms with Crippen LogP contribution in [0.5, 0.6) is 0 Å². The van der Waals surface area contributed by atoms with E-state index in [0.717, 1.165) is 75.5 Å². The van der Waals surface area contributed by atoms with Gasteiger partial charge in [0.15, 0.2) is 0 Å². The summed E-state index contributed by atoms with van der Waals surface area (Å²) in [6.07, 6.45) is 5.98. The molecule has 22 heteroatoms. The van der Waals surface area contributed by atoms with Crippen molar-refractivity contribution in [2.45, 2.75) is 67.0 Å². The number of aliphatic carboxylic acids is 1. The molecule has 2 aliphatic heterocycles. The molecule has 0 spiro atoms. The number of anilines is 6. The van der Waals surface area contributed by atoms with Crippen molar-refractivity contribution >= 4 is 108 Å². The Morgan fingerprint density at radius 1 is 0.674 bits per heavy atom. The fourth-order valence-corrected chi connectivity index (χ4v) is 8.70. The summed E-state index contributed by atoms with van der Waals surface area (Å²) in [6.45, 7) is 36.1. The Hall–Kier alpha value is -7.56. The van der Waals surface area contributed by atoms with Crippen LogP contribution in [-0.2, 0) is 14.4 Å². The second kappa shape index (κ2) is 35.2. The molecule has 8 rings (SSSR count). The predicted octanol–water partition coefficient (Wildman–Crippen LogP) is 12.2. The Balaban J connectivity index is 0.000000462. The summed E-state index contributed by atoms with van der Waals surface area (Å²) in [5.74, 6) is 12.1. The Morgan fingerprint density at radius 3 is 1.43 bits per heavy atom. The third kappa shape index (κ3) is 22.7. The zero-order valence-corrected chi connectivity index (χ0v) is 52.0. The van der Waals surface area contributed by atoms with E-state index in [1.54, 1.807) is 18.2 Å². The van der Waals surface area contributed by atoms with Crippen molar-refractivity contribution in [2.75, 3.05) is 108 Å². The molecule has 2 saturated heterocycles. The van der Waals surface area contributed by atoms with Crippen molar-refractivity contribution in [1.82, 2.24) is 44.4 Å². The molecule has 4 heterocycles. The number of allylic oxidation sites excluding steroid dienone is 1. The highest BCUT2D eigenvalue weighted by Gasteiger charge is 2.29. The predicted molar refractivity (Wildman–Crippen MR) is 353 cm³/mol. The number of nitrogens with two attached hydrogens (primary N) is 1. The standard InChI is InChI=1S/C27H28ClFN6O.C24H26ClFN6.C6H15N.C3H3ClO.C3H4O2.CH4.H2/c1-5-25(36)33-23-16-20-24(30-17-31-26(20)32-19-6-7-22(29)21(28)15-19)14-18(23)8-9-27(2,3)35-12-10-34(4)11-13-35;1-24(2,32-10-8-31(3)9-11-32)7-6-16-12-22-18(14-21(16)27)23(29-15-28-22)30-17-4-5-20(26)19(25)13-17;1-4-7(5-2)6-3;2*1-2-3(4)5;;/h5-7,14-17H,1,10-13H2,2-4H3,(H,33,36)(H,30,31,32);4-5,12-15H,8-11,27H2,1-3H3,(H,28,29,30);4-6H2,1-3H3;2H,1H2;2H,1H2,(H,4,5);1H4;1H/i;;;;;;1+1. The van der Waals surface area contributed by atoms with Crippen LogP contribution in [0, 0.1) is 35.3 Å². The number of likely N-dealkylation sites (N-methyl/N-ethyl adjacent to an activating group) is 2. The normalized spacial score (nSPS) is 13.5. The Kier molecular flexibility index (Phi) is 29.7. The van der Waals surface area contributed by atoms with Gasteiger partial charge in [0.2, 0.25) is 11.1 Å². The van der Waals surface area contributed by atoms with Crippen LogP contribution < -0.4 is 21.7 Å². The minimum absolute atomic E-state index is 0. The molecule has 1 amide bonds. The quantitative estimate of drug-likeness (QED) is 0.0316. The van der Waals surface area contributed by atoms with Gasteiger partial charge in [-0.3, -0.25) is 19.4 Å². The topological polar surface area (TPSA) is 201 Å². The molecule has 0 radical (unpaired) electrons. The van der Waals surface area contributed by atoms with E-state index in [2.05, 4.69) is 166 Å². The monoisotopic (exact) mass is 1240 g/mol. The molecule has 0 unspecified atom stereocenters. The van der Waals surface area contributed by atoms with Gasteiger partial charge < -0.3 is 41.5 Å². The molecule has 2 aliphatic rings. The third-order valence-corrected chi connectivity index (χ3v) is 14.4. The van der Waals surface area contributed by atoms with Crippen molar-refractivity contribution in [2.24, 2.45) is 0 Å². The third-order valence-electron chi connectivity index (χ3n) is 13.7. The van der Waals surface area contributed by atoms with E-state index in [0.29, 0.717) is 56.4 Å². The number of carbonyl (C=O) groups is 3. The molecule has 86 heavy (non-hydrogen) atoms. The van der Waals surface area contributed by atoms with Crippen LogP contribution in [0.4, 0.5) is 43.2 Å². The summed E-state index contributed by atoms with van der Waals surface area (Å²) >= 11 is 16.5. The van der Waals surface area contributed by atoms with E-state index in [4.69, 9.17) is 45.6 Å². The number of fused-ring (bicyclic) bond motifs is 2. The van der Waals surface area contributed by atoms with Crippen LogP contribution in [-0.4, -0.2) is 164 Å². The molecule has 2 fully saturated rings. The molecule has 0 saturated carbocycles. The Morgan fingerprint density at radius 2 is 1.07 bits per heavy atom. The van der Waals surface area contributed by atoms with Gasteiger partial charge in [0, 0.05) is 93.3 Å². The minimum Gasteiger partial charge on any atom is -0.478 e. The van der Waals surface area contributed by atoms with Gasteiger partial charge in [0.1, 0.15) is 35.9 Å². The van der Waals surface area contributed by atoms with Gasteiger partial charge in [-0.25, -0.2) is 33.5 Å². The number of carboxylic acid groups (broad SMARTS) is 1. The van der Waals surface area contributed by atoms with Crippen LogP contribution in [0.25, 0.3) is 21.8 Å². The molecule has 17 nitrogen and oxygen atoms in total. The largest absolute Gasteiger partial charge is 0.478 e. The summed E-state index contributed by atoms with van der Waals surface area (Å²) in [4.78, 5) is 60.1. The van der Waals surface area contributed by atoms with Gasteiger partial charge in [-0.2, -0.15) is 0 Å². The van der Waals surface area contributed by atoms with Crippen molar-refractivity contribution < 1.29 is 29.7 Å². The van der Waals surface area contributed by atoms with Crippen molar-refractivity contribution in [3.8, 4) is 23.7 Å². The first-order valence-corrected chi connectivity index (χ1v) is 28.4. The number of piperazine rings is 2. The number of nitrogen functional groups attached to an aromatic ring is 1. The van der Waals surface area contributed by atoms with Gasteiger partial charge in [0.05, 0.1) is 43.4 Å². The van der Waals surface area contributed by atoms with E-state index in [9.17, 15) is 23.2 Å². The van der Waals surface area contributed by atoms with Crippen LogP contribution in [0.3, 0.4) is 0 Å². The number of amides is 1. The maximum atomic E-state index is 13.6. The Labute approximate surface area is 522 Å². The van der Waals surface area contributed by atoms with Gasteiger partial charge in [-0.1, -0.05) is 94.8 Å². The van der Waals surface area contributed by atoms with Crippen molar-refractivity contribution in [3.63, 3.8) is 0 Å². The lowest BCUT2D eigenvalue weighted by Gasteiger charge is -2.40. The number of carboxylic acids is 1. The van der Waals surface area contributed by atoms with Crippen LogP contribution >= 0.6 is 34.8 Å². The van der Waals surface area contributed by atoms with Crippen molar-refractivity contribution in [3.05, 3.63) is 144 Å². The average Bonchev–Trinajstić information content (AvgIpc) is 3.66. The first-order valence-electron chi connectivity index (χ1n) is 27.3. The highest BCUT2D eigenvalue weighted by molar-refractivity contribution is 6.66. The van der Waals surface area contributed by atoms with Crippen LogP contribution in [0.15, 0.2) is 111 Å². The molecule has 2 aromatic heterocycles. The summed E-state index contributed by atoms with van der Waals surface area (Å²) in [5.41, 5.74) is 10.7. The SMILES string of the molecule is C.C=CC(=O)Cl.C=CC(=O)Nc1cc2c(Nc3ccc(F)c(Cl)c3)ncnc2cc1C#CC(C)(C)N1CCN(C)CC1.C=CC(=O)O.CCN(CC)CC.CN1CCN(C(C)(C)C#Cc2cc3ncnc(Nc4ccc(F)c(Cl)c4)c3cc2N)CC1.[2HH]. The highest BCUT2D eigenvalue weighted by atomic mass is 35.5. The molecule has 6 aromatic rings. The number of rotatable bonds is 13. The van der Waals surface area contributed by atoms with Crippen LogP contribution in [0.1, 0.15) is 68.4 Å². The number of halogens is 5. The lowest BCUT2D eigenvalue weighted by Crippen LogP contribution is -2.53. The second-order valence-corrected chi connectivity index (χ2v) is 21.6. The van der Waals surface area contributed by atoms with Crippen LogP contribution in [0.2, 0.25) is 10.0 Å². The van der Waals surface area contributed by atoms with Gasteiger partial charge in [-0.15, -0.1) is 0 Å². The lowest BCUT2D eigenvalue weighted by molar-refractivity contribution is -0.131. The summed E-state index contributed by atoms with van der Waals surface area (Å²) in [5, 5.41) is 17.7. The molecule has 0 bridgehead atoms. The molecular weight excluding hydrogens is 1160 g/mol. The maximum Gasteiger partial charge on any atom is 0.327 e. The average molecular weight is 1240 g/mol. The van der Waals surface area contributed by atoms with E-state index in [1.165, 1.54) is 62.6 Å². The van der Waals surface area contributed by atoms with E-state index >= 15 is 0 Å². The fraction of sp³-hybridized carbons (Fsp3) is 0.359. The van der Waals surface area contributed by atoms with Crippen molar-refractivity contribution in [1.29, 1.82) is 0 Å². The lowest BCUT2D eigenvalue weighted by atomic mass is 10.0. The smallest absolute Gasteiger partial charge is 0.327 e. The Bertz CT molecular complexity index is 3420. The van der Waals surface area contributed by atoms with Gasteiger partial charge in [0.25, 0.3) is 0 Å². The summed E-state index contributed by atoms with van der Waals surface area (Å²) < 4.78 is 27.0. The molecule has 6 N–H and O–H groups in total. The van der Waals surface area contributed by atoms with Gasteiger partial charge in [-0.05, 0) is 146 Å². The molecule has 0 aliphatic carbocycles. The molecular formula is C64H82Cl3F2N13O4. The summed E-state index contributed by atoms with van der Waals surface area (Å²) in [6, 6.07) is 16.0. The second-order valence-electron chi connectivity index (χ2n) is 20.4. The molecule has 4 aromatic carbocycles. The minimum atomic E-state index is -0.981. The number of hydrogen-bond donors (Lipinski definition) is 5. The zero-order chi connectivity index (χ0) is 63.0.